The van der Waals surface area contributed by atoms with Crippen molar-refractivity contribution < 1.29 is 14.2 Å². The van der Waals surface area contributed by atoms with E-state index in [9.17, 15) is 0 Å². The molecule has 1 fully saturated rings. The summed E-state index contributed by atoms with van der Waals surface area (Å²) in [6, 6.07) is 28.9. The molecule has 0 bridgehead atoms. The fourth-order valence-corrected chi connectivity index (χ4v) is 3.75. The van der Waals surface area contributed by atoms with Crippen LogP contribution in [0, 0.1) is 0 Å². The summed E-state index contributed by atoms with van der Waals surface area (Å²) in [4.78, 5) is 2.09. The third kappa shape index (κ3) is 6.22. The van der Waals surface area contributed by atoms with Gasteiger partial charge in [0.2, 0.25) is 0 Å². The molecule has 0 radical (unpaired) electrons. The molecular formula is C28H31NO3. The van der Waals surface area contributed by atoms with E-state index in [1.807, 2.05) is 50.5 Å². The third-order valence-corrected chi connectivity index (χ3v) is 5.56. The Morgan fingerprint density at radius 2 is 1.47 bits per heavy atom. The highest BCUT2D eigenvalue weighted by atomic mass is 16.6. The molecule has 2 atom stereocenters. The summed E-state index contributed by atoms with van der Waals surface area (Å²) in [6.07, 6.45) is 2.67. The van der Waals surface area contributed by atoms with Gasteiger partial charge in [0, 0.05) is 26.2 Å². The zero-order chi connectivity index (χ0) is 22.2. The molecule has 0 aromatic heterocycles. The van der Waals surface area contributed by atoms with E-state index in [4.69, 9.17) is 14.2 Å². The minimum Gasteiger partial charge on any atom is -0.489 e. The summed E-state index contributed by atoms with van der Waals surface area (Å²) >= 11 is 0. The standard InChI is InChI=1S/C28H31NO3/c1-29(2)25-15-13-22(14-16-25)17-26-18-27(31-20-24-11-7-4-8-12-24)28(32-26)21-30-19-23-9-5-3-6-10-23/h3-17,27-28H,18-21H2,1-2H3/b26-17+/t27-,28+/m0/s1. The Labute approximate surface area is 191 Å². The molecule has 3 aromatic rings. The van der Waals surface area contributed by atoms with Gasteiger partial charge in [0.1, 0.15) is 12.2 Å². The maximum absolute atomic E-state index is 6.28. The summed E-state index contributed by atoms with van der Waals surface area (Å²) in [6.45, 7) is 1.62. The maximum atomic E-state index is 6.28. The van der Waals surface area contributed by atoms with Crippen molar-refractivity contribution in [2.24, 2.45) is 0 Å². The predicted molar refractivity (Wildman–Crippen MR) is 129 cm³/mol. The van der Waals surface area contributed by atoms with Crippen LogP contribution in [0.25, 0.3) is 6.08 Å². The minimum absolute atomic E-state index is 0.0433. The van der Waals surface area contributed by atoms with E-state index in [1.165, 1.54) is 5.69 Å². The molecule has 4 nitrogen and oxygen atoms in total. The molecule has 1 aliphatic heterocycles. The lowest BCUT2D eigenvalue weighted by Crippen LogP contribution is -2.29. The minimum atomic E-state index is -0.130. The van der Waals surface area contributed by atoms with Crippen molar-refractivity contribution in [3.05, 3.63) is 107 Å². The Balaban J connectivity index is 1.41. The number of rotatable bonds is 9. The van der Waals surface area contributed by atoms with Crippen LogP contribution in [0.5, 0.6) is 0 Å². The normalized spacial score (nSPS) is 19.1. The summed E-state index contributed by atoms with van der Waals surface area (Å²) in [5, 5.41) is 0. The van der Waals surface area contributed by atoms with Crippen molar-refractivity contribution in [1.82, 2.24) is 0 Å². The zero-order valence-electron chi connectivity index (χ0n) is 18.8. The second kappa shape index (κ2) is 11.0. The molecule has 1 saturated heterocycles. The highest BCUT2D eigenvalue weighted by Gasteiger charge is 2.33. The average molecular weight is 430 g/mol. The van der Waals surface area contributed by atoms with Crippen LogP contribution in [0.4, 0.5) is 5.69 Å². The molecule has 32 heavy (non-hydrogen) atoms. The lowest BCUT2D eigenvalue weighted by atomic mass is 10.1. The lowest BCUT2D eigenvalue weighted by Gasteiger charge is -2.19. The Bertz CT molecular complexity index is 984. The summed E-state index contributed by atoms with van der Waals surface area (Å²) in [7, 11) is 4.09. The predicted octanol–water partition coefficient (Wildman–Crippen LogP) is 5.68. The van der Waals surface area contributed by atoms with Crippen LogP contribution in [0.1, 0.15) is 23.1 Å². The van der Waals surface area contributed by atoms with Crippen LogP contribution in [0.15, 0.2) is 90.7 Å². The molecule has 1 heterocycles. The van der Waals surface area contributed by atoms with Gasteiger partial charge in [-0.05, 0) is 34.9 Å². The first-order valence-electron chi connectivity index (χ1n) is 11.1. The molecule has 1 aliphatic rings. The van der Waals surface area contributed by atoms with E-state index < -0.39 is 0 Å². The molecule has 0 amide bonds. The van der Waals surface area contributed by atoms with Gasteiger partial charge in [-0.2, -0.15) is 0 Å². The Hall–Kier alpha value is -3.08. The molecule has 166 valence electrons. The van der Waals surface area contributed by atoms with Gasteiger partial charge in [0.05, 0.1) is 25.6 Å². The SMILES string of the molecule is CN(C)c1ccc(/C=C2\C[C@H](OCc3ccccc3)[C@@H](COCc3ccccc3)O2)cc1. The molecule has 4 heteroatoms. The van der Waals surface area contributed by atoms with Crippen LogP contribution < -0.4 is 4.90 Å². The summed E-state index contributed by atoms with van der Waals surface area (Å²) < 4.78 is 18.5. The van der Waals surface area contributed by atoms with Crippen LogP contribution in [-0.4, -0.2) is 32.9 Å². The van der Waals surface area contributed by atoms with Gasteiger partial charge in [0.25, 0.3) is 0 Å². The van der Waals surface area contributed by atoms with Crippen molar-refractivity contribution in [2.45, 2.75) is 31.8 Å². The van der Waals surface area contributed by atoms with Gasteiger partial charge >= 0.3 is 0 Å². The molecular weight excluding hydrogens is 398 g/mol. The van der Waals surface area contributed by atoms with Gasteiger partial charge in [-0.1, -0.05) is 72.8 Å². The molecule has 0 N–H and O–H groups in total. The third-order valence-electron chi connectivity index (χ3n) is 5.56. The van der Waals surface area contributed by atoms with E-state index in [-0.39, 0.29) is 12.2 Å². The van der Waals surface area contributed by atoms with Gasteiger partial charge < -0.3 is 19.1 Å². The highest BCUT2D eigenvalue weighted by Crippen LogP contribution is 2.29. The molecule has 4 rings (SSSR count). The maximum Gasteiger partial charge on any atom is 0.148 e. The van der Waals surface area contributed by atoms with Gasteiger partial charge in [-0.15, -0.1) is 0 Å². The lowest BCUT2D eigenvalue weighted by molar-refractivity contribution is -0.0528. The second-order valence-corrected chi connectivity index (χ2v) is 8.29. The number of benzene rings is 3. The van der Waals surface area contributed by atoms with E-state index in [0.717, 1.165) is 28.9 Å². The number of nitrogens with zero attached hydrogens (tertiary/aromatic N) is 1. The van der Waals surface area contributed by atoms with Gasteiger partial charge in [0.15, 0.2) is 0 Å². The number of hydrogen-bond acceptors (Lipinski definition) is 4. The van der Waals surface area contributed by atoms with Crippen LogP contribution in [0.2, 0.25) is 0 Å². The zero-order valence-corrected chi connectivity index (χ0v) is 18.8. The first-order chi connectivity index (χ1) is 15.7. The largest absolute Gasteiger partial charge is 0.489 e. The number of anilines is 1. The smallest absolute Gasteiger partial charge is 0.148 e. The quantitative estimate of drug-likeness (QED) is 0.438. The molecule has 0 aliphatic carbocycles. The number of ether oxygens (including phenoxy) is 3. The van der Waals surface area contributed by atoms with E-state index in [0.29, 0.717) is 19.8 Å². The highest BCUT2D eigenvalue weighted by molar-refractivity contribution is 5.57. The van der Waals surface area contributed by atoms with Crippen LogP contribution in [0.3, 0.4) is 0 Å². The first-order valence-corrected chi connectivity index (χ1v) is 11.1. The Kier molecular flexibility index (Phi) is 7.59. The van der Waals surface area contributed by atoms with Crippen LogP contribution >= 0.6 is 0 Å². The van der Waals surface area contributed by atoms with Crippen molar-refractivity contribution in [3.63, 3.8) is 0 Å². The molecule has 0 spiro atoms. The molecule has 0 unspecified atom stereocenters. The second-order valence-electron chi connectivity index (χ2n) is 8.29. The summed E-state index contributed by atoms with van der Waals surface area (Å²) in [5.74, 6) is 0.939. The fourth-order valence-electron chi connectivity index (χ4n) is 3.75. The van der Waals surface area contributed by atoms with E-state index >= 15 is 0 Å². The van der Waals surface area contributed by atoms with Gasteiger partial charge in [-0.25, -0.2) is 0 Å². The number of hydrogen-bond donors (Lipinski definition) is 0. The van der Waals surface area contributed by atoms with Crippen molar-refractivity contribution in [1.29, 1.82) is 0 Å². The van der Waals surface area contributed by atoms with Crippen molar-refractivity contribution >= 4 is 11.8 Å². The first kappa shape index (κ1) is 22.1. The topological polar surface area (TPSA) is 30.9 Å². The average Bonchev–Trinajstić information content (AvgIpc) is 3.20. The Morgan fingerprint density at radius 1 is 0.844 bits per heavy atom. The van der Waals surface area contributed by atoms with E-state index in [2.05, 4.69) is 59.5 Å². The summed E-state index contributed by atoms with van der Waals surface area (Å²) in [5.41, 5.74) is 4.62. The monoisotopic (exact) mass is 429 g/mol. The van der Waals surface area contributed by atoms with Crippen LogP contribution in [-0.2, 0) is 27.4 Å². The van der Waals surface area contributed by atoms with E-state index in [1.54, 1.807) is 0 Å². The van der Waals surface area contributed by atoms with Gasteiger partial charge in [-0.3, -0.25) is 0 Å². The van der Waals surface area contributed by atoms with Crippen molar-refractivity contribution in [2.75, 3.05) is 25.6 Å². The molecule has 0 saturated carbocycles. The Morgan fingerprint density at radius 3 is 2.09 bits per heavy atom. The molecule has 3 aromatic carbocycles. The fraction of sp³-hybridized carbons (Fsp3) is 0.286. The van der Waals surface area contributed by atoms with Crippen molar-refractivity contribution in [3.8, 4) is 0 Å².